The Bertz CT molecular complexity index is 682. The molecule has 2 aromatic carbocycles. The zero-order chi connectivity index (χ0) is 16.8. The van der Waals surface area contributed by atoms with Crippen molar-refractivity contribution in [2.45, 2.75) is 25.7 Å². The normalized spacial score (nSPS) is 14.2. The fraction of sp³-hybridized carbons (Fsp3) is 0.200. The number of ether oxygens (including phenoxy) is 2. The third-order valence-corrected chi connectivity index (χ3v) is 3.87. The molecule has 0 fully saturated rings. The molecular formula is C20H18O4. The van der Waals surface area contributed by atoms with Crippen LogP contribution < -0.4 is 9.47 Å². The topological polar surface area (TPSA) is 52.6 Å². The molecule has 0 saturated heterocycles. The van der Waals surface area contributed by atoms with E-state index in [0.29, 0.717) is 35.5 Å². The number of carbonyl (C=O) groups is 2. The number of hydrogen-bond donors (Lipinski definition) is 0. The van der Waals surface area contributed by atoms with Crippen molar-refractivity contribution in [3.8, 4) is 11.5 Å². The number of esters is 2. The number of hydrogen-bond acceptors (Lipinski definition) is 4. The van der Waals surface area contributed by atoms with Gasteiger partial charge in [-0.2, -0.15) is 0 Å². The van der Waals surface area contributed by atoms with Crippen LogP contribution in [0.1, 0.15) is 25.7 Å². The van der Waals surface area contributed by atoms with E-state index in [9.17, 15) is 9.59 Å². The standard InChI is InChI=1S/C20H18O4/c21-19(23-15-9-3-1-4-10-15)17-13-7-8-14-18(17)20(22)24-16-11-5-2-6-12-16/h1-6,9-12H,7-8,13-14H2. The van der Waals surface area contributed by atoms with Crippen molar-refractivity contribution in [2.24, 2.45) is 0 Å². The van der Waals surface area contributed by atoms with E-state index in [2.05, 4.69) is 0 Å². The number of carbonyl (C=O) groups excluding carboxylic acids is 2. The molecule has 24 heavy (non-hydrogen) atoms. The maximum absolute atomic E-state index is 12.4. The van der Waals surface area contributed by atoms with Gasteiger partial charge in [0, 0.05) is 11.1 Å². The minimum absolute atomic E-state index is 0.422. The second-order valence-electron chi connectivity index (χ2n) is 5.57. The molecule has 0 unspecified atom stereocenters. The van der Waals surface area contributed by atoms with Gasteiger partial charge in [-0.1, -0.05) is 36.4 Å². The van der Waals surface area contributed by atoms with E-state index in [1.165, 1.54) is 0 Å². The summed E-state index contributed by atoms with van der Waals surface area (Å²) in [7, 11) is 0. The van der Waals surface area contributed by atoms with Crippen LogP contribution in [0.5, 0.6) is 11.5 Å². The van der Waals surface area contributed by atoms with Crippen LogP contribution in [0.4, 0.5) is 0 Å². The number of para-hydroxylation sites is 2. The molecule has 0 heterocycles. The summed E-state index contributed by atoms with van der Waals surface area (Å²) >= 11 is 0. The smallest absolute Gasteiger partial charge is 0.339 e. The molecular weight excluding hydrogens is 304 g/mol. The third kappa shape index (κ3) is 3.90. The van der Waals surface area contributed by atoms with E-state index in [0.717, 1.165) is 12.8 Å². The quantitative estimate of drug-likeness (QED) is 0.629. The lowest BCUT2D eigenvalue weighted by molar-refractivity contribution is -0.133. The van der Waals surface area contributed by atoms with E-state index in [-0.39, 0.29) is 0 Å². The summed E-state index contributed by atoms with van der Waals surface area (Å²) in [6.07, 6.45) is 2.79. The van der Waals surface area contributed by atoms with Crippen LogP contribution in [-0.2, 0) is 9.59 Å². The Kier molecular flexibility index (Phi) is 5.06. The van der Waals surface area contributed by atoms with Crippen LogP contribution in [0.15, 0.2) is 71.8 Å². The highest BCUT2D eigenvalue weighted by Gasteiger charge is 2.26. The van der Waals surface area contributed by atoms with E-state index in [1.807, 2.05) is 12.1 Å². The molecule has 0 radical (unpaired) electrons. The van der Waals surface area contributed by atoms with Crippen molar-refractivity contribution < 1.29 is 19.1 Å². The van der Waals surface area contributed by atoms with E-state index in [4.69, 9.17) is 9.47 Å². The summed E-state index contributed by atoms with van der Waals surface area (Å²) < 4.78 is 10.8. The Morgan fingerprint density at radius 2 is 1.00 bits per heavy atom. The first kappa shape index (κ1) is 16.0. The van der Waals surface area contributed by atoms with Gasteiger partial charge >= 0.3 is 11.9 Å². The molecule has 1 aliphatic carbocycles. The van der Waals surface area contributed by atoms with Gasteiger partial charge in [-0.25, -0.2) is 9.59 Å². The molecule has 0 saturated carbocycles. The maximum atomic E-state index is 12.4. The first-order chi connectivity index (χ1) is 11.7. The van der Waals surface area contributed by atoms with Gasteiger partial charge in [-0.15, -0.1) is 0 Å². The predicted molar refractivity (Wildman–Crippen MR) is 89.6 cm³/mol. The average molecular weight is 322 g/mol. The first-order valence-electron chi connectivity index (χ1n) is 8.00. The molecule has 122 valence electrons. The van der Waals surface area contributed by atoms with Crippen molar-refractivity contribution in [1.29, 1.82) is 0 Å². The van der Waals surface area contributed by atoms with Crippen molar-refractivity contribution in [2.75, 3.05) is 0 Å². The van der Waals surface area contributed by atoms with E-state index < -0.39 is 11.9 Å². The molecule has 0 aromatic heterocycles. The van der Waals surface area contributed by atoms with E-state index >= 15 is 0 Å². The molecule has 0 N–H and O–H groups in total. The lowest BCUT2D eigenvalue weighted by atomic mass is 9.91. The van der Waals surface area contributed by atoms with Gasteiger partial charge in [-0.05, 0) is 49.9 Å². The maximum Gasteiger partial charge on any atom is 0.339 e. The summed E-state index contributed by atoms with van der Waals surface area (Å²) in [4.78, 5) is 24.9. The highest BCUT2D eigenvalue weighted by atomic mass is 16.5. The summed E-state index contributed by atoms with van der Waals surface area (Å²) in [6, 6.07) is 17.7. The Morgan fingerprint density at radius 1 is 0.625 bits per heavy atom. The van der Waals surface area contributed by atoms with Gasteiger partial charge in [0.15, 0.2) is 0 Å². The molecule has 1 aliphatic rings. The average Bonchev–Trinajstić information content (AvgIpc) is 2.63. The van der Waals surface area contributed by atoms with Crippen LogP contribution >= 0.6 is 0 Å². The monoisotopic (exact) mass is 322 g/mol. The van der Waals surface area contributed by atoms with Gasteiger partial charge in [0.05, 0.1) is 0 Å². The van der Waals surface area contributed by atoms with Crippen LogP contribution in [-0.4, -0.2) is 11.9 Å². The summed E-state index contributed by atoms with van der Waals surface area (Å²) in [5.41, 5.74) is 0.845. The second-order valence-corrected chi connectivity index (χ2v) is 5.57. The molecule has 0 spiro atoms. The number of benzene rings is 2. The van der Waals surface area contributed by atoms with Crippen LogP contribution in [0.2, 0.25) is 0 Å². The highest BCUT2D eigenvalue weighted by molar-refractivity contribution is 6.02. The van der Waals surface area contributed by atoms with Crippen molar-refractivity contribution >= 4 is 11.9 Å². The summed E-state index contributed by atoms with van der Waals surface area (Å²) in [5.74, 6) is -0.00507. The lowest BCUT2D eigenvalue weighted by Crippen LogP contribution is -2.22. The van der Waals surface area contributed by atoms with Crippen molar-refractivity contribution in [3.05, 3.63) is 71.8 Å². The highest BCUT2D eigenvalue weighted by Crippen LogP contribution is 2.28. The Labute approximate surface area is 140 Å². The number of rotatable bonds is 4. The van der Waals surface area contributed by atoms with Gasteiger partial charge < -0.3 is 9.47 Å². The minimum atomic E-state index is -0.471. The third-order valence-electron chi connectivity index (χ3n) is 3.87. The fourth-order valence-corrected chi connectivity index (χ4v) is 2.67. The molecule has 0 aliphatic heterocycles. The van der Waals surface area contributed by atoms with Crippen LogP contribution in [0.25, 0.3) is 0 Å². The van der Waals surface area contributed by atoms with Gasteiger partial charge in [0.1, 0.15) is 11.5 Å². The fourth-order valence-electron chi connectivity index (χ4n) is 2.67. The lowest BCUT2D eigenvalue weighted by Gasteiger charge is -2.18. The Balaban J connectivity index is 1.79. The van der Waals surface area contributed by atoms with Gasteiger partial charge in [0.25, 0.3) is 0 Å². The zero-order valence-electron chi connectivity index (χ0n) is 13.2. The molecule has 0 bridgehead atoms. The molecule has 0 amide bonds. The van der Waals surface area contributed by atoms with Gasteiger partial charge in [-0.3, -0.25) is 0 Å². The molecule has 3 rings (SSSR count). The minimum Gasteiger partial charge on any atom is -0.423 e. The Hall–Kier alpha value is -2.88. The van der Waals surface area contributed by atoms with Crippen LogP contribution in [0, 0.1) is 0 Å². The molecule has 0 atom stereocenters. The summed E-state index contributed by atoms with van der Waals surface area (Å²) in [6.45, 7) is 0. The SMILES string of the molecule is O=C(Oc1ccccc1)C1=C(C(=O)Oc2ccccc2)CCCC1. The van der Waals surface area contributed by atoms with Crippen molar-refractivity contribution in [1.82, 2.24) is 0 Å². The zero-order valence-corrected chi connectivity index (χ0v) is 13.2. The van der Waals surface area contributed by atoms with E-state index in [1.54, 1.807) is 48.5 Å². The van der Waals surface area contributed by atoms with Crippen molar-refractivity contribution in [3.63, 3.8) is 0 Å². The van der Waals surface area contributed by atoms with Gasteiger partial charge in [0.2, 0.25) is 0 Å². The van der Waals surface area contributed by atoms with Crippen LogP contribution in [0.3, 0.4) is 0 Å². The Morgan fingerprint density at radius 3 is 1.38 bits per heavy atom. The molecule has 4 heteroatoms. The molecule has 2 aromatic rings. The molecule has 4 nitrogen and oxygen atoms in total. The predicted octanol–water partition coefficient (Wildman–Crippen LogP) is 4.07. The second kappa shape index (κ2) is 7.59. The first-order valence-corrected chi connectivity index (χ1v) is 8.00. The largest absolute Gasteiger partial charge is 0.423 e. The summed E-state index contributed by atoms with van der Waals surface area (Å²) in [5, 5.41) is 0.